The molecule has 1 N–H and O–H groups in total. The van der Waals surface area contributed by atoms with Crippen LogP contribution in [0, 0.1) is 0 Å². The number of nitrogens with one attached hydrogen (secondary N) is 1. The van der Waals surface area contributed by atoms with Gasteiger partial charge in [0.2, 0.25) is 13.7 Å². The third kappa shape index (κ3) is 3.41. The van der Waals surface area contributed by atoms with Crippen molar-refractivity contribution in [1.29, 1.82) is 0 Å². The Morgan fingerprint density at radius 3 is 2.54 bits per heavy atom. The standard InChI is InChI=1S/C14H12Cl2N5O2P/c1-22-24(23-2)12-10(4-3-9-11(12)18-6-5-17-9)20-13-8(15)7-19-14(16)21-13/h3-7H,1-2H3,(H,19,20,21). The lowest BCUT2D eigenvalue weighted by Gasteiger charge is -2.19. The summed E-state index contributed by atoms with van der Waals surface area (Å²) in [6, 6.07) is 3.68. The van der Waals surface area contributed by atoms with Gasteiger partial charge in [0.15, 0.2) is 5.82 Å². The van der Waals surface area contributed by atoms with E-state index in [1.807, 2.05) is 12.1 Å². The van der Waals surface area contributed by atoms with Gasteiger partial charge in [0.1, 0.15) is 10.5 Å². The van der Waals surface area contributed by atoms with Crippen LogP contribution in [0.5, 0.6) is 0 Å². The minimum Gasteiger partial charge on any atom is -0.338 e. The molecule has 2 aromatic heterocycles. The Balaban J connectivity index is 2.16. The number of aromatic nitrogens is 4. The average Bonchev–Trinajstić information content (AvgIpc) is 2.60. The van der Waals surface area contributed by atoms with Crippen LogP contribution in [0.1, 0.15) is 0 Å². The Labute approximate surface area is 149 Å². The van der Waals surface area contributed by atoms with E-state index >= 15 is 0 Å². The van der Waals surface area contributed by atoms with E-state index in [0.717, 1.165) is 10.8 Å². The van der Waals surface area contributed by atoms with Crippen LogP contribution in [0.3, 0.4) is 0 Å². The highest BCUT2D eigenvalue weighted by molar-refractivity contribution is 7.57. The predicted molar refractivity (Wildman–Crippen MR) is 95.4 cm³/mol. The zero-order valence-corrected chi connectivity index (χ0v) is 15.1. The first-order valence-corrected chi connectivity index (χ1v) is 8.64. The van der Waals surface area contributed by atoms with Gasteiger partial charge in [0, 0.05) is 26.6 Å². The molecule has 3 aromatic rings. The molecule has 0 atom stereocenters. The molecule has 0 spiro atoms. The summed E-state index contributed by atoms with van der Waals surface area (Å²) in [6.45, 7) is 0. The molecule has 7 nitrogen and oxygen atoms in total. The van der Waals surface area contributed by atoms with E-state index in [1.165, 1.54) is 6.20 Å². The van der Waals surface area contributed by atoms with Gasteiger partial charge in [-0.1, -0.05) is 11.6 Å². The summed E-state index contributed by atoms with van der Waals surface area (Å²) in [5.74, 6) is 0.378. The Kier molecular flexibility index (Phi) is 5.38. The van der Waals surface area contributed by atoms with E-state index < -0.39 is 8.38 Å². The van der Waals surface area contributed by atoms with Gasteiger partial charge in [-0.2, -0.15) is 4.98 Å². The van der Waals surface area contributed by atoms with E-state index in [2.05, 4.69) is 25.3 Å². The molecule has 124 valence electrons. The lowest BCUT2D eigenvalue weighted by Crippen LogP contribution is -2.13. The topological polar surface area (TPSA) is 82.0 Å². The van der Waals surface area contributed by atoms with Gasteiger partial charge >= 0.3 is 0 Å². The Morgan fingerprint density at radius 1 is 1.04 bits per heavy atom. The van der Waals surface area contributed by atoms with Crippen LogP contribution in [0.25, 0.3) is 11.0 Å². The fourth-order valence-corrected chi connectivity index (χ4v) is 3.58. The first-order chi connectivity index (χ1) is 11.6. The largest absolute Gasteiger partial charge is 0.338 e. The third-order valence-corrected chi connectivity index (χ3v) is 5.04. The van der Waals surface area contributed by atoms with Crippen LogP contribution in [0.15, 0.2) is 30.7 Å². The minimum atomic E-state index is -1.37. The molecule has 0 aliphatic carbocycles. The van der Waals surface area contributed by atoms with Gasteiger partial charge in [-0.25, -0.2) is 4.98 Å². The van der Waals surface area contributed by atoms with Crippen LogP contribution in [0.4, 0.5) is 11.5 Å². The summed E-state index contributed by atoms with van der Waals surface area (Å²) in [5.41, 5.74) is 2.09. The molecule has 0 unspecified atom stereocenters. The summed E-state index contributed by atoms with van der Waals surface area (Å²) < 4.78 is 10.9. The molecule has 0 fully saturated rings. The van der Waals surface area contributed by atoms with Crippen LogP contribution in [0.2, 0.25) is 10.3 Å². The summed E-state index contributed by atoms with van der Waals surface area (Å²) >= 11 is 12.0. The molecule has 0 saturated heterocycles. The highest BCUT2D eigenvalue weighted by atomic mass is 35.5. The molecule has 24 heavy (non-hydrogen) atoms. The van der Waals surface area contributed by atoms with Gasteiger partial charge in [-0.15, -0.1) is 0 Å². The normalized spacial score (nSPS) is 11.2. The van der Waals surface area contributed by atoms with E-state index in [0.29, 0.717) is 22.0 Å². The number of anilines is 2. The van der Waals surface area contributed by atoms with Crippen molar-refractivity contribution in [3.8, 4) is 0 Å². The highest BCUT2D eigenvalue weighted by Gasteiger charge is 2.21. The first-order valence-electron chi connectivity index (χ1n) is 6.71. The maximum Gasteiger partial charge on any atom is 0.224 e. The molecule has 0 bridgehead atoms. The number of fused-ring (bicyclic) bond motifs is 1. The van der Waals surface area contributed by atoms with Crippen LogP contribution >= 0.6 is 31.6 Å². The van der Waals surface area contributed by atoms with Gasteiger partial charge in [0.25, 0.3) is 0 Å². The summed E-state index contributed by atoms with van der Waals surface area (Å²) in [7, 11) is 1.77. The average molecular weight is 384 g/mol. The first kappa shape index (κ1) is 17.2. The van der Waals surface area contributed by atoms with E-state index in [1.54, 1.807) is 26.6 Å². The van der Waals surface area contributed by atoms with Gasteiger partial charge < -0.3 is 14.4 Å². The Bertz CT molecular complexity index is 879. The zero-order valence-electron chi connectivity index (χ0n) is 12.7. The second-order valence-corrected chi connectivity index (χ2v) is 6.91. The smallest absolute Gasteiger partial charge is 0.224 e. The lowest BCUT2D eigenvalue weighted by molar-refractivity contribution is 0.350. The maximum absolute atomic E-state index is 6.13. The minimum absolute atomic E-state index is 0.0878. The quantitative estimate of drug-likeness (QED) is 0.531. The van der Waals surface area contributed by atoms with Crippen molar-refractivity contribution in [2.24, 2.45) is 0 Å². The molecule has 0 aliphatic rings. The molecule has 2 heterocycles. The van der Waals surface area contributed by atoms with Gasteiger partial charge in [-0.05, 0) is 23.7 Å². The van der Waals surface area contributed by atoms with Crippen molar-refractivity contribution in [2.75, 3.05) is 19.5 Å². The molecule has 3 rings (SSSR count). The Morgan fingerprint density at radius 2 is 1.79 bits per heavy atom. The fourth-order valence-electron chi connectivity index (χ4n) is 2.13. The van der Waals surface area contributed by atoms with Crippen LogP contribution in [-0.2, 0) is 9.05 Å². The number of halogens is 2. The number of benzene rings is 1. The molecule has 0 saturated carbocycles. The molecular formula is C14H12Cl2N5O2P. The molecule has 10 heteroatoms. The maximum atomic E-state index is 6.13. The predicted octanol–water partition coefficient (Wildman–Crippen LogP) is 3.70. The van der Waals surface area contributed by atoms with Gasteiger partial charge in [0.05, 0.1) is 22.7 Å². The SMILES string of the molecule is COP(OC)c1c(Nc2nc(Cl)ncc2Cl)ccc2nccnc12. The number of hydrogen-bond acceptors (Lipinski definition) is 7. The van der Waals surface area contributed by atoms with Crippen molar-refractivity contribution in [2.45, 2.75) is 0 Å². The van der Waals surface area contributed by atoms with Crippen LogP contribution in [-0.4, -0.2) is 34.2 Å². The number of rotatable bonds is 5. The van der Waals surface area contributed by atoms with Crippen molar-refractivity contribution in [3.63, 3.8) is 0 Å². The van der Waals surface area contributed by atoms with Crippen molar-refractivity contribution >= 4 is 59.4 Å². The molecule has 0 radical (unpaired) electrons. The van der Waals surface area contributed by atoms with Crippen molar-refractivity contribution in [3.05, 3.63) is 41.0 Å². The number of nitrogens with zero attached hydrogens (tertiary/aromatic N) is 4. The van der Waals surface area contributed by atoms with Gasteiger partial charge in [-0.3, -0.25) is 9.97 Å². The summed E-state index contributed by atoms with van der Waals surface area (Å²) in [4.78, 5) is 16.6. The molecule has 0 amide bonds. The van der Waals surface area contributed by atoms with Crippen molar-refractivity contribution < 1.29 is 9.05 Å². The fraction of sp³-hybridized carbons (Fsp3) is 0.143. The summed E-state index contributed by atoms with van der Waals surface area (Å²) in [5, 5.41) is 4.31. The monoisotopic (exact) mass is 383 g/mol. The Hall–Kier alpha value is -1.63. The van der Waals surface area contributed by atoms with Crippen LogP contribution < -0.4 is 10.6 Å². The molecule has 1 aromatic carbocycles. The van der Waals surface area contributed by atoms with E-state index in [9.17, 15) is 0 Å². The molecular weight excluding hydrogens is 372 g/mol. The second-order valence-electron chi connectivity index (χ2n) is 4.47. The molecule has 0 aliphatic heterocycles. The van der Waals surface area contributed by atoms with Crippen molar-refractivity contribution in [1.82, 2.24) is 19.9 Å². The zero-order chi connectivity index (χ0) is 17.1. The summed E-state index contributed by atoms with van der Waals surface area (Å²) in [6.07, 6.45) is 4.67. The second kappa shape index (κ2) is 7.51. The lowest BCUT2D eigenvalue weighted by atomic mass is 10.2. The highest BCUT2D eigenvalue weighted by Crippen LogP contribution is 2.40. The third-order valence-electron chi connectivity index (χ3n) is 3.10. The number of hydrogen-bond donors (Lipinski definition) is 1. The van der Waals surface area contributed by atoms with E-state index in [4.69, 9.17) is 32.2 Å². The van der Waals surface area contributed by atoms with E-state index in [-0.39, 0.29) is 5.28 Å².